The summed E-state index contributed by atoms with van der Waals surface area (Å²) in [6.07, 6.45) is 1.91. The molecule has 4 aliphatic heterocycles. The average Bonchev–Trinajstić information content (AvgIpc) is 1.42. The molecule has 0 N–H and O–H groups in total. The molecule has 0 amide bonds. The molecule has 9 heterocycles. The van der Waals surface area contributed by atoms with Crippen molar-refractivity contribution in [2.45, 2.75) is 0 Å². The van der Waals surface area contributed by atoms with Crippen LogP contribution in [-0.4, -0.2) is 45.5 Å². The van der Waals surface area contributed by atoms with E-state index in [0.717, 1.165) is 172 Å². The van der Waals surface area contributed by atoms with Gasteiger partial charge in [0.05, 0.1) is 38.5 Å². The van der Waals surface area contributed by atoms with E-state index < -0.39 is 0 Å². The van der Waals surface area contributed by atoms with Gasteiger partial charge in [0.2, 0.25) is 6.71 Å². The number of fused-ring (bicyclic) bond motifs is 24. The molecule has 13 heteroatoms. The summed E-state index contributed by atoms with van der Waals surface area (Å²) in [5.74, 6) is 6.94. The van der Waals surface area contributed by atoms with Crippen LogP contribution in [0.4, 0.5) is 0 Å². The highest BCUT2D eigenvalue weighted by molar-refractivity contribution is 7.06. The van der Waals surface area contributed by atoms with Crippen molar-refractivity contribution in [3.63, 3.8) is 0 Å². The molecule has 114 heavy (non-hydrogen) atoms. The van der Waals surface area contributed by atoms with E-state index in [9.17, 15) is 0 Å². The van der Waals surface area contributed by atoms with Crippen LogP contribution in [0.2, 0.25) is 0 Å². The van der Waals surface area contributed by atoms with Gasteiger partial charge in [0.25, 0.3) is 20.1 Å². The molecule has 9 nitrogen and oxygen atoms in total. The smallest absolute Gasteiger partial charge is 0.255 e. The van der Waals surface area contributed by atoms with Crippen LogP contribution in [-0.2, 0) is 0 Å². The molecule has 0 atom stereocenters. The van der Waals surface area contributed by atoms with Crippen LogP contribution in [0.3, 0.4) is 0 Å². The minimum Gasteiger partial charge on any atom is -0.459 e. The monoisotopic (exact) mass is 1450 g/mol. The highest BCUT2D eigenvalue weighted by Gasteiger charge is 2.47. The lowest BCUT2D eigenvalue weighted by atomic mass is 9.27. The molecule has 25 rings (SSSR count). The SMILES string of the molecule is c1ccc(B2c3ccccc3Oc3c2c2c(c4c3oc3c(-n5c6ccccc6c6ccccc65)nccc34)Oc3ccccc3B2c2ccc(-c3cccc4c3c3ccccc3n4-c3cccc(B4c5ccccc5Oc5c4ccc4c5B(c5cccc(-n6c7ccccc7c7ccccc76)c5)c5ccccc5O4)c3)cc2)cc1. The number of aromatic nitrogens is 4. The molecule has 4 aliphatic rings. The minimum absolute atomic E-state index is 0.195. The summed E-state index contributed by atoms with van der Waals surface area (Å²) in [5, 5.41) is 8.79. The Bertz CT molecular complexity index is 7590. The van der Waals surface area contributed by atoms with Crippen LogP contribution in [0.25, 0.3) is 116 Å². The predicted molar refractivity (Wildman–Crippen MR) is 470 cm³/mol. The molecule has 0 aliphatic carbocycles. The second-order valence-corrected chi connectivity index (χ2v) is 30.5. The maximum absolute atomic E-state index is 7.54. The van der Waals surface area contributed by atoms with E-state index in [-0.39, 0.29) is 26.9 Å². The fourth-order valence-corrected chi connectivity index (χ4v) is 19.9. The standard InChI is InChI=1S/C101H60B4N4O5/c1-2-25-62(26-3-1)103-78-40-12-21-50-89(78)113-100-95(103)94-98(92-74-57-58-106-101(96(74)114-99(92)100)109-82-43-15-6-33-71(82)72-34-7-16-44-83(72)109)112-88-49-20-11-39-77(88)104(94)63-53-51-61(52-54-63)68-36-24-46-85-91(68)73-35-8-17-45-84(73)108(85)67-30-22-27-64(59-67)102-75-37-9-19-48-87(75)111-97-79(102)55-56-90-93(97)105(76-38-10-18-47-86(76)110-90)65-28-23-29-66(60-65)107-80-41-13-4-31-69(80)70-32-5-14-42-81(70)107/h1-60H. The summed E-state index contributed by atoms with van der Waals surface area (Å²) in [6, 6.07) is 129. The second-order valence-electron chi connectivity index (χ2n) is 30.5. The largest absolute Gasteiger partial charge is 0.459 e. The molecule has 0 saturated heterocycles. The quantitative estimate of drug-likeness (QED) is 0.141. The summed E-state index contributed by atoms with van der Waals surface area (Å²) in [7, 11) is 0. The number of rotatable bonds is 8. The molecule has 0 fully saturated rings. The van der Waals surface area contributed by atoms with E-state index in [1.165, 1.54) is 32.6 Å². The second kappa shape index (κ2) is 24.4. The first-order valence-electron chi connectivity index (χ1n) is 39.1. The molecule has 0 bridgehead atoms. The molecule has 0 saturated carbocycles. The zero-order valence-corrected chi connectivity index (χ0v) is 61.3. The number of ether oxygens (including phenoxy) is 4. The van der Waals surface area contributed by atoms with Crippen LogP contribution >= 0.6 is 0 Å². The normalized spacial score (nSPS) is 13.1. The Labute approximate surface area is 656 Å². The number of pyridine rings is 1. The maximum atomic E-state index is 7.54. The third-order valence-corrected chi connectivity index (χ3v) is 24.6. The zero-order valence-electron chi connectivity index (χ0n) is 61.3. The predicted octanol–water partition coefficient (Wildman–Crippen LogP) is 16.4. The van der Waals surface area contributed by atoms with Gasteiger partial charge in [-0.2, -0.15) is 0 Å². The van der Waals surface area contributed by atoms with Crippen molar-refractivity contribution < 1.29 is 23.4 Å². The Kier molecular flexibility index (Phi) is 13.5. The van der Waals surface area contributed by atoms with Crippen molar-refractivity contribution in [2.24, 2.45) is 0 Å². The van der Waals surface area contributed by atoms with Gasteiger partial charge in [0, 0.05) is 60.7 Å². The lowest BCUT2D eigenvalue weighted by Gasteiger charge is -2.35. The number of nitrogens with zero attached hydrogens (tertiary/aromatic N) is 4. The molecule has 16 aromatic carbocycles. The van der Waals surface area contributed by atoms with E-state index in [0.29, 0.717) is 22.7 Å². The zero-order chi connectivity index (χ0) is 74.4. The van der Waals surface area contributed by atoms with Gasteiger partial charge in [-0.15, -0.1) is 0 Å². The fraction of sp³-hybridized carbons (Fsp3) is 0. The van der Waals surface area contributed by atoms with E-state index >= 15 is 0 Å². The number of furan rings is 1. The van der Waals surface area contributed by atoms with Crippen LogP contribution in [0.5, 0.6) is 46.0 Å². The molecule has 0 unspecified atom stereocenters. The van der Waals surface area contributed by atoms with Crippen molar-refractivity contribution in [1.82, 2.24) is 18.7 Å². The molecule has 5 aromatic heterocycles. The average molecular weight is 1450 g/mol. The van der Waals surface area contributed by atoms with Crippen molar-refractivity contribution in [2.75, 3.05) is 0 Å². The van der Waals surface area contributed by atoms with Gasteiger partial charge in [0.1, 0.15) is 40.2 Å². The summed E-state index contributed by atoms with van der Waals surface area (Å²) in [5.41, 5.74) is 25.3. The van der Waals surface area contributed by atoms with Crippen LogP contribution in [0, 0.1) is 0 Å². The van der Waals surface area contributed by atoms with Crippen LogP contribution in [0.15, 0.2) is 369 Å². The van der Waals surface area contributed by atoms with Gasteiger partial charge in [-0.05, 0) is 146 Å². The fourth-order valence-electron chi connectivity index (χ4n) is 19.9. The third-order valence-electron chi connectivity index (χ3n) is 24.6. The Balaban J connectivity index is 0.634. The summed E-state index contributed by atoms with van der Waals surface area (Å²) >= 11 is 0. The minimum atomic E-state index is -0.312. The Hall–Kier alpha value is -14.7. The Morgan fingerprint density at radius 1 is 0.246 bits per heavy atom. The van der Waals surface area contributed by atoms with E-state index in [1.807, 2.05) is 6.20 Å². The first-order chi connectivity index (χ1) is 56.6. The molecule has 0 radical (unpaired) electrons. The lowest BCUT2D eigenvalue weighted by molar-refractivity contribution is 0.469. The molecule has 0 spiro atoms. The molecular weight excluding hydrogens is 1390 g/mol. The van der Waals surface area contributed by atoms with Crippen LogP contribution in [0.1, 0.15) is 0 Å². The highest BCUT2D eigenvalue weighted by atomic mass is 16.5. The van der Waals surface area contributed by atoms with E-state index in [1.54, 1.807) is 0 Å². The Morgan fingerprint density at radius 2 is 0.675 bits per heavy atom. The highest BCUT2D eigenvalue weighted by Crippen LogP contribution is 2.48. The first kappa shape index (κ1) is 63.1. The van der Waals surface area contributed by atoms with Crippen molar-refractivity contribution in [3.8, 4) is 74.3 Å². The molecule has 21 aromatic rings. The van der Waals surface area contributed by atoms with Gasteiger partial charge in [0.15, 0.2) is 22.7 Å². The van der Waals surface area contributed by atoms with Gasteiger partial charge in [-0.3, -0.25) is 4.57 Å². The van der Waals surface area contributed by atoms with Gasteiger partial charge < -0.3 is 32.5 Å². The van der Waals surface area contributed by atoms with Crippen molar-refractivity contribution >= 4 is 180 Å². The lowest BCUT2D eigenvalue weighted by Crippen LogP contribution is -2.67. The number of hydrogen-bond acceptors (Lipinski definition) is 6. The summed E-state index contributed by atoms with van der Waals surface area (Å²) in [6.45, 7) is -0.993. The third kappa shape index (κ3) is 9.08. The topological polar surface area (TPSA) is 77.7 Å². The van der Waals surface area contributed by atoms with Gasteiger partial charge in [-0.25, -0.2) is 4.98 Å². The van der Waals surface area contributed by atoms with E-state index in [4.69, 9.17) is 28.3 Å². The first-order valence-corrected chi connectivity index (χ1v) is 39.1. The molecular formula is C101H60B4N4O5. The van der Waals surface area contributed by atoms with Gasteiger partial charge >= 0.3 is 0 Å². The van der Waals surface area contributed by atoms with E-state index in [2.05, 4.69) is 372 Å². The number of benzene rings is 16. The number of hydrogen-bond donors (Lipinski definition) is 0. The summed E-state index contributed by atoms with van der Waals surface area (Å²) < 4.78 is 43.9. The van der Waals surface area contributed by atoms with Crippen molar-refractivity contribution in [1.29, 1.82) is 0 Å². The number of para-hydroxylation sites is 9. The van der Waals surface area contributed by atoms with Crippen molar-refractivity contribution in [3.05, 3.63) is 364 Å². The Morgan fingerprint density at radius 3 is 1.27 bits per heavy atom. The van der Waals surface area contributed by atoms with Gasteiger partial charge in [-0.1, -0.05) is 283 Å². The summed E-state index contributed by atoms with van der Waals surface area (Å²) in [4.78, 5) is 5.21. The van der Waals surface area contributed by atoms with Crippen LogP contribution < -0.4 is 84.5 Å². The maximum Gasteiger partial charge on any atom is 0.255 e. The molecule has 526 valence electrons.